The van der Waals surface area contributed by atoms with Crippen molar-refractivity contribution >= 4 is 29.3 Å². The number of fused-ring (bicyclic) bond motifs is 1. The first kappa shape index (κ1) is 25.5. The van der Waals surface area contributed by atoms with E-state index in [-0.39, 0.29) is 17.9 Å². The Balaban J connectivity index is 1.54. The Labute approximate surface area is 212 Å². The molecule has 4 rings (SSSR count). The highest BCUT2D eigenvalue weighted by molar-refractivity contribution is 6.02. The van der Waals surface area contributed by atoms with E-state index in [1.54, 1.807) is 56.0 Å². The highest BCUT2D eigenvalue weighted by Crippen LogP contribution is 2.41. The number of benzene rings is 2. The Morgan fingerprint density at radius 2 is 1.69 bits per heavy atom. The summed E-state index contributed by atoms with van der Waals surface area (Å²) in [5, 5.41) is 5.65. The first-order valence-corrected chi connectivity index (χ1v) is 12.5. The lowest BCUT2D eigenvalue weighted by atomic mass is 9.84. The maximum Gasteiger partial charge on any atom is 0.412 e. The van der Waals surface area contributed by atoms with Crippen molar-refractivity contribution < 1.29 is 23.9 Å². The Bertz CT molecular complexity index is 1110. The Morgan fingerprint density at radius 3 is 2.39 bits per heavy atom. The van der Waals surface area contributed by atoms with Crippen molar-refractivity contribution in [2.75, 3.05) is 17.7 Å². The molecule has 1 heterocycles. The van der Waals surface area contributed by atoms with Crippen molar-refractivity contribution in [1.82, 2.24) is 4.90 Å². The summed E-state index contributed by atoms with van der Waals surface area (Å²) in [5.74, 6) is 0.420. The Kier molecular flexibility index (Phi) is 7.52. The second-order valence-electron chi connectivity index (χ2n) is 10.5. The number of hydrogen-bond acceptors (Lipinski definition) is 5. The number of amides is 3. The molecule has 1 saturated heterocycles. The summed E-state index contributed by atoms with van der Waals surface area (Å²) in [4.78, 5) is 41.2. The summed E-state index contributed by atoms with van der Waals surface area (Å²) in [5.41, 5.74) is 0.808. The second kappa shape index (κ2) is 10.6. The smallest absolute Gasteiger partial charge is 0.412 e. The second-order valence-corrected chi connectivity index (χ2v) is 10.5. The predicted molar refractivity (Wildman–Crippen MR) is 138 cm³/mol. The molecule has 8 heteroatoms. The summed E-state index contributed by atoms with van der Waals surface area (Å²) in [7, 11) is 1.50. The van der Waals surface area contributed by atoms with E-state index in [1.807, 2.05) is 18.2 Å². The molecule has 2 aromatic rings. The number of carbonyl (C=O) groups is 3. The topological polar surface area (TPSA) is 97.0 Å². The molecule has 36 heavy (non-hydrogen) atoms. The zero-order chi connectivity index (χ0) is 25.9. The SMILES string of the molecule is COc1ccc(NC(=O)C2CC3CCCCC3N2C(=O)c2ccccc2)cc1NC(=O)OC(C)(C)C. The van der Waals surface area contributed by atoms with Crippen LogP contribution < -0.4 is 15.4 Å². The van der Waals surface area contributed by atoms with Crippen molar-refractivity contribution in [3.8, 4) is 5.75 Å². The van der Waals surface area contributed by atoms with Gasteiger partial charge in [-0.1, -0.05) is 31.0 Å². The van der Waals surface area contributed by atoms with Gasteiger partial charge in [0, 0.05) is 17.3 Å². The lowest BCUT2D eigenvalue weighted by Crippen LogP contribution is -2.47. The van der Waals surface area contributed by atoms with Crippen LogP contribution in [0.15, 0.2) is 48.5 Å². The molecule has 1 aliphatic heterocycles. The normalized spacial score (nSPS) is 21.3. The van der Waals surface area contributed by atoms with Gasteiger partial charge >= 0.3 is 6.09 Å². The predicted octanol–water partition coefficient (Wildman–Crippen LogP) is 5.45. The van der Waals surface area contributed by atoms with E-state index in [9.17, 15) is 14.4 Å². The maximum absolute atomic E-state index is 13.5. The first-order valence-electron chi connectivity index (χ1n) is 12.5. The van der Waals surface area contributed by atoms with Crippen LogP contribution in [0.1, 0.15) is 63.2 Å². The molecule has 2 aromatic carbocycles. The van der Waals surface area contributed by atoms with Gasteiger partial charge in [-0.25, -0.2) is 4.79 Å². The Morgan fingerprint density at radius 1 is 0.972 bits per heavy atom. The molecule has 1 aliphatic carbocycles. The molecule has 0 aromatic heterocycles. The molecule has 8 nitrogen and oxygen atoms in total. The molecule has 3 atom stereocenters. The van der Waals surface area contributed by atoms with Crippen molar-refractivity contribution in [3.05, 3.63) is 54.1 Å². The lowest BCUT2D eigenvalue weighted by molar-refractivity contribution is -0.120. The third-order valence-corrected chi connectivity index (χ3v) is 6.75. The van der Waals surface area contributed by atoms with E-state index in [0.717, 1.165) is 25.7 Å². The van der Waals surface area contributed by atoms with Crippen LogP contribution in [0.25, 0.3) is 0 Å². The van der Waals surface area contributed by atoms with Crippen LogP contribution in [0.2, 0.25) is 0 Å². The first-order chi connectivity index (χ1) is 17.2. The van der Waals surface area contributed by atoms with Gasteiger partial charge in [0.1, 0.15) is 17.4 Å². The number of methoxy groups -OCH3 is 1. The minimum atomic E-state index is -0.656. The number of carbonyl (C=O) groups excluding carboxylic acids is 3. The largest absolute Gasteiger partial charge is 0.495 e. The maximum atomic E-state index is 13.5. The highest BCUT2D eigenvalue weighted by Gasteiger charge is 2.47. The van der Waals surface area contributed by atoms with Crippen LogP contribution in [0.3, 0.4) is 0 Å². The average Bonchev–Trinajstić information content (AvgIpc) is 3.23. The number of rotatable bonds is 5. The molecule has 3 amide bonds. The molecule has 0 bridgehead atoms. The lowest BCUT2D eigenvalue weighted by Gasteiger charge is -2.33. The van der Waals surface area contributed by atoms with Gasteiger partial charge in [-0.3, -0.25) is 14.9 Å². The summed E-state index contributed by atoms with van der Waals surface area (Å²) >= 11 is 0. The van der Waals surface area contributed by atoms with Gasteiger partial charge in [0.05, 0.1) is 12.8 Å². The fourth-order valence-electron chi connectivity index (χ4n) is 5.24. The minimum Gasteiger partial charge on any atom is -0.495 e. The number of hydrogen-bond donors (Lipinski definition) is 2. The monoisotopic (exact) mass is 493 g/mol. The quantitative estimate of drug-likeness (QED) is 0.577. The van der Waals surface area contributed by atoms with Gasteiger partial charge in [0.15, 0.2) is 0 Å². The standard InChI is InChI=1S/C28H35N3O5/c1-28(2,3)36-27(34)30-21-17-20(14-15-24(21)35-4)29-25(32)23-16-19-12-8-9-13-22(19)31(23)26(33)18-10-6-5-7-11-18/h5-7,10-11,14-15,17,19,22-23H,8-9,12-13,16H2,1-4H3,(H,29,32)(H,30,34). The molecular formula is C28H35N3O5. The third-order valence-electron chi connectivity index (χ3n) is 6.75. The minimum absolute atomic E-state index is 0.0717. The van der Waals surface area contributed by atoms with Crippen LogP contribution in [0, 0.1) is 5.92 Å². The van der Waals surface area contributed by atoms with Crippen LogP contribution in [0.5, 0.6) is 5.75 Å². The molecule has 0 spiro atoms. The van der Waals surface area contributed by atoms with Crippen molar-refractivity contribution in [2.24, 2.45) is 5.92 Å². The summed E-state index contributed by atoms with van der Waals surface area (Å²) < 4.78 is 10.7. The van der Waals surface area contributed by atoms with Gasteiger partial charge in [0.25, 0.3) is 5.91 Å². The third kappa shape index (κ3) is 5.80. The molecule has 0 radical (unpaired) electrons. The molecular weight excluding hydrogens is 458 g/mol. The van der Waals surface area contributed by atoms with E-state index in [0.29, 0.717) is 35.0 Å². The molecule has 192 valence electrons. The van der Waals surface area contributed by atoms with Crippen molar-refractivity contribution in [2.45, 2.75) is 70.6 Å². The van der Waals surface area contributed by atoms with Crippen molar-refractivity contribution in [3.63, 3.8) is 0 Å². The number of likely N-dealkylation sites (tertiary alicyclic amines) is 1. The summed E-state index contributed by atoms with van der Waals surface area (Å²) in [6.07, 6.45) is 4.16. The molecule has 1 saturated carbocycles. The number of nitrogens with zero attached hydrogens (tertiary/aromatic N) is 1. The zero-order valence-corrected chi connectivity index (χ0v) is 21.4. The number of nitrogens with one attached hydrogen (secondary N) is 2. The van der Waals surface area contributed by atoms with E-state index in [2.05, 4.69) is 10.6 Å². The van der Waals surface area contributed by atoms with Crippen LogP contribution in [0.4, 0.5) is 16.2 Å². The molecule has 2 N–H and O–H groups in total. The van der Waals surface area contributed by atoms with Crippen LogP contribution in [-0.2, 0) is 9.53 Å². The zero-order valence-electron chi connectivity index (χ0n) is 21.4. The van der Waals surface area contributed by atoms with E-state index < -0.39 is 17.7 Å². The fraction of sp³-hybridized carbons (Fsp3) is 0.464. The number of ether oxygens (including phenoxy) is 2. The van der Waals surface area contributed by atoms with Crippen molar-refractivity contribution in [1.29, 1.82) is 0 Å². The van der Waals surface area contributed by atoms with Crippen LogP contribution in [-0.4, -0.2) is 47.6 Å². The number of anilines is 2. The van der Waals surface area contributed by atoms with Gasteiger partial charge < -0.3 is 19.7 Å². The van der Waals surface area contributed by atoms with E-state index >= 15 is 0 Å². The van der Waals surface area contributed by atoms with E-state index in [4.69, 9.17) is 9.47 Å². The molecule has 2 fully saturated rings. The summed E-state index contributed by atoms with van der Waals surface area (Å²) in [6, 6.07) is 13.7. The Hall–Kier alpha value is -3.55. The molecule has 2 aliphatic rings. The molecule has 3 unspecified atom stereocenters. The van der Waals surface area contributed by atoms with E-state index in [1.165, 1.54) is 7.11 Å². The van der Waals surface area contributed by atoms with Gasteiger partial charge in [-0.15, -0.1) is 0 Å². The van der Waals surface area contributed by atoms with Crippen LogP contribution >= 0.6 is 0 Å². The van der Waals surface area contributed by atoms with Gasteiger partial charge in [0.2, 0.25) is 5.91 Å². The fourth-order valence-corrected chi connectivity index (χ4v) is 5.24. The highest BCUT2D eigenvalue weighted by atomic mass is 16.6. The van der Waals surface area contributed by atoms with Gasteiger partial charge in [-0.05, 0) is 76.3 Å². The average molecular weight is 494 g/mol. The summed E-state index contributed by atoms with van der Waals surface area (Å²) in [6.45, 7) is 5.34. The van der Waals surface area contributed by atoms with Gasteiger partial charge in [-0.2, -0.15) is 0 Å².